The van der Waals surface area contributed by atoms with Gasteiger partial charge in [0.1, 0.15) is 34.8 Å². The van der Waals surface area contributed by atoms with E-state index < -0.39 is 40.4 Å². The number of hydrogen-bond donors (Lipinski definition) is 0. The van der Waals surface area contributed by atoms with Crippen LogP contribution in [-0.4, -0.2) is 0 Å². The van der Waals surface area contributed by atoms with Crippen LogP contribution in [0.3, 0.4) is 0 Å². The minimum Gasteiger partial charge on any atom is -0.429 e. The molecule has 0 amide bonds. The summed E-state index contributed by atoms with van der Waals surface area (Å²) in [4.78, 5) is 0. The van der Waals surface area contributed by atoms with Gasteiger partial charge in [-0.15, -0.1) is 0 Å². The Bertz CT molecular complexity index is 986. The van der Waals surface area contributed by atoms with Gasteiger partial charge in [-0.2, -0.15) is 14.0 Å². The third-order valence-electron chi connectivity index (χ3n) is 6.74. The highest BCUT2D eigenvalue weighted by molar-refractivity contribution is 5.38. The molecule has 0 heterocycles. The fourth-order valence-electron chi connectivity index (χ4n) is 4.73. The predicted octanol–water partition coefficient (Wildman–Crippen LogP) is 8.42. The third kappa shape index (κ3) is 6.71. The molecule has 1 aliphatic carbocycles. The van der Waals surface area contributed by atoms with Crippen molar-refractivity contribution in [1.82, 2.24) is 0 Å². The summed E-state index contributed by atoms with van der Waals surface area (Å²) < 4.78 is 75.4. The molecule has 0 spiro atoms. The molecule has 0 atom stereocenters. The van der Waals surface area contributed by atoms with Gasteiger partial charge in [0, 0.05) is 12.1 Å². The first-order chi connectivity index (χ1) is 16.2. The Hall–Kier alpha value is -2.62. The number of aryl methyl sites for hydroxylation is 1. The lowest BCUT2D eigenvalue weighted by Crippen LogP contribution is -2.24. The van der Waals surface area contributed by atoms with Crippen LogP contribution in [0.2, 0.25) is 0 Å². The summed E-state index contributed by atoms with van der Waals surface area (Å²) in [7, 11) is 0. The van der Waals surface area contributed by atoms with E-state index in [2.05, 4.69) is 11.7 Å². The van der Waals surface area contributed by atoms with Crippen molar-refractivity contribution in [2.24, 2.45) is 11.8 Å². The molecule has 2 nitrogen and oxygen atoms in total. The van der Waals surface area contributed by atoms with Crippen LogP contribution in [0.1, 0.15) is 81.4 Å². The summed E-state index contributed by atoms with van der Waals surface area (Å²) in [5.74, 6) is -3.28. The molecule has 0 bridgehead atoms. The first-order valence-corrected chi connectivity index (χ1v) is 12.0. The highest BCUT2D eigenvalue weighted by Gasteiger charge is 2.38. The second kappa shape index (κ2) is 11.7. The quantitative estimate of drug-likeness (QED) is 0.253. The Morgan fingerprint density at radius 3 is 2.09 bits per heavy atom. The molecule has 0 unspecified atom stereocenters. The fraction of sp³-hybridized carbons (Fsp3) is 0.519. The molecule has 1 aliphatic rings. The van der Waals surface area contributed by atoms with Crippen molar-refractivity contribution in [3.8, 4) is 11.8 Å². The molecule has 1 saturated carbocycles. The Morgan fingerprint density at radius 2 is 1.53 bits per heavy atom. The number of nitrogens with zero attached hydrogens (tertiary/aromatic N) is 1. The standard InChI is InChI=1S/C27H30F5NO/c1-2-3-4-5-18-6-8-19(9-7-18)10-11-20-12-13-23(26(30)14-20)27(31,32)34-21-15-24(28)22(17-33)25(29)16-21/h12-16,18-19H,2-11H2,1H3. The van der Waals surface area contributed by atoms with Crippen LogP contribution >= 0.6 is 0 Å². The molecule has 2 aromatic rings. The number of benzene rings is 2. The van der Waals surface area contributed by atoms with E-state index in [1.165, 1.54) is 50.7 Å². The number of ether oxygens (including phenoxy) is 1. The van der Waals surface area contributed by atoms with E-state index in [0.717, 1.165) is 37.3 Å². The van der Waals surface area contributed by atoms with Gasteiger partial charge in [0.15, 0.2) is 0 Å². The van der Waals surface area contributed by atoms with Crippen molar-refractivity contribution in [3.63, 3.8) is 0 Å². The minimum absolute atomic E-state index is 0.473. The van der Waals surface area contributed by atoms with Crippen LogP contribution in [0.15, 0.2) is 30.3 Å². The normalized spacial score (nSPS) is 18.5. The van der Waals surface area contributed by atoms with E-state index in [1.807, 2.05) is 0 Å². The van der Waals surface area contributed by atoms with Gasteiger partial charge in [-0.25, -0.2) is 13.2 Å². The lowest BCUT2D eigenvalue weighted by molar-refractivity contribution is -0.187. The van der Waals surface area contributed by atoms with Gasteiger partial charge in [0.25, 0.3) is 0 Å². The van der Waals surface area contributed by atoms with Gasteiger partial charge in [-0.05, 0) is 42.4 Å². The molecule has 1 fully saturated rings. The fourth-order valence-corrected chi connectivity index (χ4v) is 4.73. The zero-order chi connectivity index (χ0) is 24.7. The van der Waals surface area contributed by atoms with Crippen molar-refractivity contribution in [2.45, 2.75) is 77.2 Å². The van der Waals surface area contributed by atoms with Crippen molar-refractivity contribution in [2.75, 3.05) is 0 Å². The summed E-state index contributed by atoms with van der Waals surface area (Å²) in [5, 5.41) is 8.67. The number of halogens is 5. The van der Waals surface area contributed by atoms with Crippen LogP contribution < -0.4 is 4.74 Å². The van der Waals surface area contributed by atoms with Crippen LogP contribution in [-0.2, 0) is 12.5 Å². The number of nitriles is 1. The third-order valence-corrected chi connectivity index (χ3v) is 6.74. The molecule has 3 rings (SSSR count). The molecule has 184 valence electrons. The molecule has 34 heavy (non-hydrogen) atoms. The maximum atomic E-state index is 14.5. The van der Waals surface area contributed by atoms with Gasteiger partial charge in [-0.1, -0.05) is 64.4 Å². The zero-order valence-electron chi connectivity index (χ0n) is 19.4. The Labute approximate surface area is 197 Å². The molecule has 7 heteroatoms. The molecular formula is C27H30F5NO. The van der Waals surface area contributed by atoms with Crippen molar-refractivity contribution < 1.29 is 26.7 Å². The van der Waals surface area contributed by atoms with Gasteiger partial charge < -0.3 is 4.74 Å². The molecule has 0 N–H and O–H groups in total. The summed E-state index contributed by atoms with van der Waals surface area (Å²) >= 11 is 0. The largest absolute Gasteiger partial charge is 0.429 e. The number of hydrogen-bond acceptors (Lipinski definition) is 2. The van der Waals surface area contributed by atoms with Crippen LogP contribution in [0.25, 0.3) is 0 Å². The first-order valence-electron chi connectivity index (χ1n) is 12.0. The first kappa shape index (κ1) is 26.0. The van der Waals surface area contributed by atoms with E-state index in [9.17, 15) is 22.0 Å². The highest BCUT2D eigenvalue weighted by atomic mass is 19.3. The molecular weight excluding hydrogens is 449 g/mol. The van der Waals surface area contributed by atoms with Crippen molar-refractivity contribution in [1.29, 1.82) is 5.26 Å². The Balaban J connectivity index is 1.57. The van der Waals surface area contributed by atoms with Crippen molar-refractivity contribution >= 4 is 0 Å². The SMILES string of the molecule is CCCCCC1CCC(CCc2ccc(C(F)(F)Oc3cc(F)c(C#N)c(F)c3)c(F)c2)CC1. The number of alkyl halides is 2. The van der Waals surface area contributed by atoms with Gasteiger partial charge in [0.05, 0.1) is 5.56 Å². The van der Waals surface area contributed by atoms with Gasteiger partial charge in [0.2, 0.25) is 0 Å². The maximum absolute atomic E-state index is 14.5. The minimum atomic E-state index is -4.15. The molecule has 0 saturated heterocycles. The zero-order valence-corrected chi connectivity index (χ0v) is 19.4. The van der Waals surface area contributed by atoms with Crippen LogP contribution in [0, 0.1) is 40.6 Å². The van der Waals surface area contributed by atoms with Gasteiger partial charge >= 0.3 is 6.11 Å². The summed E-state index contributed by atoms with van der Waals surface area (Å²) in [6, 6.07) is 5.70. The van der Waals surface area contributed by atoms with E-state index in [0.29, 0.717) is 30.0 Å². The molecule has 2 aromatic carbocycles. The van der Waals surface area contributed by atoms with Crippen LogP contribution in [0.4, 0.5) is 22.0 Å². The predicted molar refractivity (Wildman–Crippen MR) is 120 cm³/mol. The van der Waals surface area contributed by atoms with E-state index in [1.54, 1.807) is 0 Å². The average molecular weight is 480 g/mol. The summed E-state index contributed by atoms with van der Waals surface area (Å²) in [6.07, 6.45) is 7.20. The lowest BCUT2D eigenvalue weighted by Gasteiger charge is -2.28. The summed E-state index contributed by atoms with van der Waals surface area (Å²) in [5.41, 5.74) is -1.30. The summed E-state index contributed by atoms with van der Waals surface area (Å²) in [6.45, 7) is 2.21. The highest BCUT2D eigenvalue weighted by Crippen LogP contribution is 2.36. The van der Waals surface area contributed by atoms with E-state index in [4.69, 9.17) is 5.26 Å². The smallest absolute Gasteiger partial charge is 0.429 e. The molecule has 0 radical (unpaired) electrons. The average Bonchev–Trinajstić information content (AvgIpc) is 2.78. The lowest BCUT2D eigenvalue weighted by atomic mass is 9.78. The maximum Gasteiger partial charge on any atom is 0.429 e. The molecule has 0 aliphatic heterocycles. The second-order valence-electron chi connectivity index (χ2n) is 9.23. The molecule has 0 aromatic heterocycles. The monoisotopic (exact) mass is 479 g/mol. The second-order valence-corrected chi connectivity index (χ2v) is 9.23. The van der Waals surface area contributed by atoms with Gasteiger partial charge in [-0.3, -0.25) is 0 Å². The van der Waals surface area contributed by atoms with E-state index in [-0.39, 0.29) is 0 Å². The Kier molecular flexibility index (Phi) is 8.93. The topological polar surface area (TPSA) is 33.0 Å². The number of unbranched alkanes of at least 4 members (excludes halogenated alkanes) is 2. The number of rotatable bonds is 10. The van der Waals surface area contributed by atoms with E-state index >= 15 is 0 Å². The van der Waals surface area contributed by atoms with Crippen LogP contribution in [0.5, 0.6) is 5.75 Å². The Morgan fingerprint density at radius 1 is 0.912 bits per heavy atom. The van der Waals surface area contributed by atoms with Crippen molar-refractivity contribution in [3.05, 3.63) is 64.5 Å².